The summed E-state index contributed by atoms with van der Waals surface area (Å²) >= 11 is 0. The smallest absolute Gasteiger partial charge is 0.0648 e. The molecule has 0 amide bonds. The summed E-state index contributed by atoms with van der Waals surface area (Å²) in [5.41, 5.74) is -0.506. The van der Waals surface area contributed by atoms with Crippen molar-refractivity contribution in [2.75, 3.05) is 7.11 Å². The molecule has 0 aliphatic heterocycles. The van der Waals surface area contributed by atoms with Crippen molar-refractivity contribution in [3.63, 3.8) is 0 Å². The Morgan fingerprint density at radius 2 is 1.67 bits per heavy atom. The average Bonchev–Trinajstić information content (AvgIpc) is 2.42. The predicted molar refractivity (Wildman–Crippen MR) is 63.0 cm³/mol. The van der Waals surface area contributed by atoms with Gasteiger partial charge in [0.25, 0.3) is 0 Å². The van der Waals surface area contributed by atoms with Crippen LogP contribution >= 0.6 is 0 Å². The summed E-state index contributed by atoms with van der Waals surface area (Å²) in [4.78, 5) is 0. The van der Waals surface area contributed by atoms with E-state index in [1.54, 1.807) is 7.11 Å². The number of aliphatic hydroxyl groups is 1. The van der Waals surface area contributed by atoms with Gasteiger partial charge < -0.3 is 9.84 Å². The van der Waals surface area contributed by atoms with E-state index in [0.717, 1.165) is 25.7 Å². The maximum atomic E-state index is 10.5. The third kappa shape index (κ3) is 4.52. The van der Waals surface area contributed by atoms with Gasteiger partial charge in [-0.25, -0.2) is 0 Å². The van der Waals surface area contributed by atoms with Crippen LogP contribution in [0.3, 0.4) is 0 Å². The molecule has 0 bridgehead atoms. The van der Waals surface area contributed by atoms with Crippen LogP contribution < -0.4 is 0 Å². The molecule has 1 aliphatic rings. The molecule has 1 aliphatic carbocycles. The molecule has 0 saturated heterocycles. The lowest BCUT2D eigenvalue weighted by Gasteiger charge is -2.31. The van der Waals surface area contributed by atoms with Crippen molar-refractivity contribution in [1.29, 1.82) is 0 Å². The maximum Gasteiger partial charge on any atom is 0.0648 e. The quantitative estimate of drug-likeness (QED) is 0.728. The van der Waals surface area contributed by atoms with Gasteiger partial charge in [-0.3, -0.25) is 0 Å². The van der Waals surface area contributed by atoms with Crippen LogP contribution in [0.15, 0.2) is 0 Å². The number of ether oxygens (including phenoxy) is 1. The van der Waals surface area contributed by atoms with E-state index in [2.05, 4.69) is 13.8 Å². The third-order valence-corrected chi connectivity index (χ3v) is 3.78. The summed E-state index contributed by atoms with van der Waals surface area (Å²) in [6.07, 6.45) is 8.73. The van der Waals surface area contributed by atoms with Crippen LogP contribution in [-0.2, 0) is 4.74 Å². The topological polar surface area (TPSA) is 29.5 Å². The van der Waals surface area contributed by atoms with Crippen LogP contribution in [0.25, 0.3) is 0 Å². The number of hydrogen-bond donors (Lipinski definition) is 1. The van der Waals surface area contributed by atoms with E-state index in [1.807, 2.05) is 0 Å². The Kier molecular flexibility index (Phi) is 4.60. The van der Waals surface area contributed by atoms with Crippen LogP contribution in [0.2, 0.25) is 0 Å². The van der Waals surface area contributed by atoms with E-state index in [1.165, 1.54) is 25.7 Å². The Labute approximate surface area is 94.0 Å². The summed E-state index contributed by atoms with van der Waals surface area (Å²) in [6.45, 7) is 4.18. The van der Waals surface area contributed by atoms with Gasteiger partial charge >= 0.3 is 0 Å². The van der Waals surface area contributed by atoms with Gasteiger partial charge in [0.2, 0.25) is 0 Å². The summed E-state index contributed by atoms with van der Waals surface area (Å²) in [5.74, 6) is 0. The van der Waals surface area contributed by atoms with Gasteiger partial charge in [-0.2, -0.15) is 0 Å². The molecule has 0 unspecified atom stereocenters. The van der Waals surface area contributed by atoms with Gasteiger partial charge in [0.1, 0.15) is 0 Å². The van der Waals surface area contributed by atoms with Crippen molar-refractivity contribution >= 4 is 0 Å². The minimum atomic E-state index is -0.410. The van der Waals surface area contributed by atoms with Crippen molar-refractivity contribution in [1.82, 2.24) is 0 Å². The second-order valence-corrected chi connectivity index (χ2v) is 5.60. The fourth-order valence-electron chi connectivity index (χ4n) is 2.27. The van der Waals surface area contributed by atoms with Gasteiger partial charge in [-0.15, -0.1) is 0 Å². The molecule has 2 heteroatoms. The lowest BCUT2D eigenvalue weighted by atomic mass is 9.86. The molecule has 2 nitrogen and oxygen atoms in total. The largest absolute Gasteiger partial charge is 0.390 e. The van der Waals surface area contributed by atoms with Gasteiger partial charge in [-0.1, -0.05) is 25.7 Å². The molecular formula is C13H26O2. The fourth-order valence-corrected chi connectivity index (χ4v) is 2.27. The van der Waals surface area contributed by atoms with E-state index in [0.29, 0.717) is 0 Å². The number of methoxy groups -OCH3 is 1. The van der Waals surface area contributed by atoms with E-state index >= 15 is 0 Å². The third-order valence-electron chi connectivity index (χ3n) is 3.78. The molecule has 0 aromatic rings. The molecule has 15 heavy (non-hydrogen) atoms. The molecule has 0 heterocycles. The number of rotatable bonds is 4. The fraction of sp³-hybridized carbons (Fsp3) is 1.00. The Balaban J connectivity index is 2.40. The molecule has 0 aromatic carbocycles. The molecule has 0 spiro atoms. The van der Waals surface area contributed by atoms with Crippen LogP contribution in [0.5, 0.6) is 0 Å². The van der Waals surface area contributed by atoms with Crippen molar-refractivity contribution in [2.45, 2.75) is 76.4 Å². The zero-order chi connectivity index (χ0) is 11.4. The highest BCUT2D eigenvalue weighted by Gasteiger charge is 2.30. The summed E-state index contributed by atoms with van der Waals surface area (Å²) < 4.78 is 5.39. The van der Waals surface area contributed by atoms with Gasteiger partial charge in [0.05, 0.1) is 11.2 Å². The highest BCUT2D eigenvalue weighted by atomic mass is 16.5. The number of hydrogen-bond acceptors (Lipinski definition) is 2. The minimum absolute atomic E-state index is 0.0952. The van der Waals surface area contributed by atoms with Crippen molar-refractivity contribution in [2.24, 2.45) is 0 Å². The first kappa shape index (κ1) is 13.0. The van der Waals surface area contributed by atoms with E-state index in [9.17, 15) is 5.11 Å². The van der Waals surface area contributed by atoms with Crippen LogP contribution in [0.4, 0.5) is 0 Å². The van der Waals surface area contributed by atoms with E-state index in [-0.39, 0.29) is 5.60 Å². The SMILES string of the molecule is COC(C)(C)CCC1(O)CCCCCC1. The van der Waals surface area contributed by atoms with Gasteiger partial charge in [0.15, 0.2) is 0 Å². The lowest BCUT2D eigenvalue weighted by molar-refractivity contribution is -0.0326. The zero-order valence-corrected chi connectivity index (χ0v) is 10.5. The van der Waals surface area contributed by atoms with Crippen molar-refractivity contribution < 1.29 is 9.84 Å². The van der Waals surface area contributed by atoms with Gasteiger partial charge in [0, 0.05) is 7.11 Å². The first-order valence-corrected chi connectivity index (χ1v) is 6.25. The highest BCUT2D eigenvalue weighted by Crippen LogP contribution is 2.33. The molecule has 0 aromatic heterocycles. The molecule has 90 valence electrons. The Hall–Kier alpha value is -0.0800. The Morgan fingerprint density at radius 3 is 2.13 bits per heavy atom. The minimum Gasteiger partial charge on any atom is -0.390 e. The van der Waals surface area contributed by atoms with E-state index < -0.39 is 5.60 Å². The van der Waals surface area contributed by atoms with Crippen LogP contribution in [-0.4, -0.2) is 23.4 Å². The molecular weight excluding hydrogens is 188 g/mol. The Morgan fingerprint density at radius 1 is 1.13 bits per heavy atom. The Bertz CT molecular complexity index is 179. The summed E-state index contributed by atoms with van der Waals surface area (Å²) in [6, 6.07) is 0. The van der Waals surface area contributed by atoms with Crippen LogP contribution in [0.1, 0.15) is 65.2 Å². The van der Waals surface area contributed by atoms with Crippen molar-refractivity contribution in [3.8, 4) is 0 Å². The maximum absolute atomic E-state index is 10.5. The van der Waals surface area contributed by atoms with Crippen LogP contribution in [0, 0.1) is 0 Å². The molecule has 0 atom stereocenters. The standard InChI is InChI=1S/C13H26O2/c1-12(2,15-3)10-11-13(14)8-6-4-5-7-9-13/h14H,4-11H2,1-3H3. The van der Waals surface area contributed by atoms with Crippen molar-refractivity contribution in [3.05, 3.63) is 0 Å². The zero-order valence-electron chi connectivity index (χ0n) is 10.5. The molecule has 1 saturated carbocycles. The average molecular weight is 214 g/mol. The molecule has 0 radical (unpaired) electrons. The highest BCUT2D eigenvalue weighted by molar-refractivity contribution is 4.83. The first-order chi connectivity index (χ1) is 6.97. The normalized spacial score (nSPS) is 22.4. The monoisotopic (exact) mass is 214 g/mol. The first-order valence-electron chi connectivity index (χ1n) is 6.25. The molecule has 1 N–H and O–H groups in total. The second-order valence-electron chi connectivity index (χ2n) is 5.60. The molecule has 1 rings (SSSR count). The predicted octanol–water partition coefficient (Wildman–Crippen LogP) is 3.28. The summed E-state index contributed by atoms with van der Waals surface area (Å²) in [7, 11) is 1.75. The van der Waals surface area contributed by atoms with E-state index in [4.69, 9.17) is 4.74 Å². The lowest BCUT2D eigenvalue weighted by Crippen LogP contribution is -2.32. The summed E-state index contributed by atoms with van der Waals surface area (Å²) in [5, 5.41) is 10.5. The second kappa shape index (κ2) is 5.31. The molecule has 1 fully saturated rings. The van der Waals surface area contributed by atoms with Gasteiger partial charge in [-0.05, 0) is 39.5 Å².